The molecule has 0 aliphatic heterocycles. The highest BCUT2D eigenvalue weighted by molar-refractivity contribution is 7.79. The Hall–Kier alpha value is -7.64. The first-order valence-corrected chi connectivity index (χ1v) is 33.3. The van der Waals surface area contributed by atoms with Gasteiger partial charge < -0.3 is 38.3 Å². The summed E-state index contributed by atoms with van der Waals surface area (Å²) in [4.78, 5) is 25.4. The minimum atomic E-state index is -3.53. The second kappa shape index (κ2) is 25.0. The van der Waals surface area contributed by atoms with Gasteiger partial charge in [-0.3, -0.25) is 0 Å². The lowest BCUT2D eigenvalue weighted by atomic mass is 9.79. The Balaban J connectivity index is 1.42. The Morgan fingerprint density at radius 2 is 0.523 bits per heavy atom. The third-order valence-electron chi connectivity index (χ3n) is 16.1. The number of benzene rings is 8. The number of aliphatic carboxylic acids is 2. The Kier molecular flexibility index (Phi) is 18.3. The van der Waals surface area contributed by atoms with Gasteiger partial charge in [-0.1, -0.05) is 253 Å². The molecule has 8 aromatic carbocycles. The van der Waals surface area contributed by atoms with E-state index < -0.39 is 61.1 Å². The van der Waals surface area contributed by atoms with Crippen LogP contribution in [0.15, 0.2) is 170 Å². The molecule has 8 bridgehead atoms. The molecule has 12 heteroatoms. The van der Waals surface area contributed by atoms with Gasteiger partial charge in [-0.05, 0) is 88.4 Å². The van der Waals surface area contributed by atoms with E-state index in [-0.39, 0.29) is 38.4 Å². The summed E-state index contributed by atoms with van der Waals surface area (Å²) in [6, 6.07) is 54.9. The number of ether oxygens (including phenoxy) is 4. The highest BCUT2D eigenvalue weighted by Crippen LogP contribution is 2.49. The maximum Gasteiger partial charge on any atom is 0.341 e. The third-order valence-corrected chi connectivity index (χ3v) is 21.6. The minimum absolute atomic E-state index is 0.166. The summed E-state index contributed by atoms with van der Waals surface area (Å²) in [7, 11) is -7.06. The van der Waals surface area contributed by atoms with Crippen LogP contribution in [-0.4, -0.2) is 48.1 Å². The van der Waals surface area contributed by atoms with Crippen molar-refractivity contribution in [1.29, 1.82) is 0 Å². The molecule has 8 aromatic rings. The highest BCUT2D eigenvalue weighted by Gasteiger charge is 2.35. The maximum absolute atomic E-state index is 16.1. The fourth-order valence-corrected chi connectivity index (χ4v) is 15.6. The van der Waals surface area contributed by atoms with Gasteiger partial charge in [-0.15, -0.1) is 0 Å². The van der Waals surface area contributed by atoms with Gasteiger partial charge in [0.2, 0.25) is 0 Å². The molecular formula is C74H82O10P2. The van der Waals surface area contributed by atoms with Crippen LogP contribution >= 0.6 is 14.3 Å². The Morgan fingerprint density at radius 3 is 0.698 bits per heavy atom. The number of hydrogen-bond donors (Lipinski definition) is 2. The van der Waals surface area contributed by atoms with Gasteiger partial charge in [0.15, 0.2) is 27.5 Å². The maximum atomic E-state index is 16.1. The molecule has 10 nitrogen and oxygen atoms in total. The predicted octanol–water partition coefficient (Wildman–Crippen LogP) is 15.2. The van der Waals surface area contributed by atoms with E-state index in [1.807, 2.05) is 121 Å². The van der Waals surface area contributed by atoms with E-state index in [1.54, 1.807) is 0 Å². The van der Waals surface area contributed by atoms with Gasteiger partial charge in [0.25, 0.3) is 0 Å². The van der Waals surface area contributed by atoms with E-state index in [0.29, 0.717) is 66.5 Å². The van der Waals surface area contributed by atoms with Gasteiger partial charge in [0.05, 0.1) is 0 Å². The van der Waals surface area contributed by atoms with Crippen LogP contribution in [0.2, 0.25) is 0 Å². The van der Waals surface area contributed by atoms with E-state index in [9.17, 15) is 19.8 Å². The fourth-order valence-electron chi connectivity index (χ4n) is 11.2. The molecule has 9 rings (SSSR count). The van der Waals surface area contributed by atoms with Crippen LogP contribution in [0.25, 0.3) is 0 Å². The first-order chi connectivity index (χ1) is 40.5. The van der Waals surface area contributed by atoms with Crippen LogP contribution < -0.4 is 40.2 Å². The summed E-state index contributed by atoms with van der Waals surface area (Å²) < 4.78 is 60.1. The van der Waals surface area contributed by atoms with Crippen molar-refractivity contribution in [3.05, 3.63) is 237 Å². The van der Waals surface area contributed by atoms with Crippen LogP contribution in [0, 0.1) is 0 Å². The smallest absolute Gasteiger partial charge is 0.341 e. The molecule has 0 spiro atoms. The molecule has 1 aliphatic rings. The highest BCUT2D eigenvalue weighted by atomic mass is 31.2. The molecule has 0 atom stereocenters. The van der Waals surface area contributed by atoms with E-state index in [2.05, 4.69) is 132 Å². The molecule has 0 aromatic heterocycles. The molecule has 0 amide bonds. The van der Waals surface area contributed by atoms with E-state index in [4.69, 9.17) is 18.9 Å². The average molecular weight is 1190 g/mol. The minimum Gasteiger partial charge on any atom is -0.485 e. The van der Waals surface area contributed by atoms with E-state index >= 15 is 9.13 Å². The standard InChI is InChI=1S/C74H82O10P2/c1-71(2,3)57-37-49-33-50-38-58(72(4,5)6)40-52(68(50)82-46-66(77)78)35-54-42-60(74(10,11)12)44-56(70(54)84-48-86(80,63-29-21-15-22-30-63)64-31-23-16-24-32-64)36-55-43-59(73(7,8)9)41-53(34-51(39-57)67(49)81-45-65(75)76)69(55)83-47-85(79,61-25-17-13-18-26-61)62-27-19-14-20-28-62/h13-32,37-44H,33-36,45-48H2,1-12H3,(H,75,76)(H,77,78). The Morgan fingerprint density at radius 1 is 0.337 bits per heavy atom. The zero-order valence-electron chi connectivity index (χ0n) is 51.9. The number of rotatable bonds is 16. The largest absolute Gasteiger partial charge is 0.485 e. The lowest BCUT2D eigenvalue weighted by Crippen LogP contribution is -2.22. The molecule has 0 radical (unpaired) electrons. The summed E-state index contributed by atoms with van der Waals surface area (Å²) in [6.07, 6.45) is 0.406. The van der Waals surface area contributed by atoms with Gasteiger partial charge in [0, 0.05) is 46.9 Å². The molecular weight excluding hydrogens is 1110 g/mol. The number of hydrogen-bond acceptors (Lipinski definition) is 8. The van der Waals surface area contributed by atoms with E-state index in [1.165, 1.54) is 0 Å². The number of carbonyl (C=O) groups is 2. The quantitative estimate of drug-likeness (QED) is 0.0897. The van der Waals surface area contributed by atoms with Crippen molar-refractivity contribution >= 4 is 47.4 Å². The second-order valence-corrected chi connectivity index (χ2v) is 32.5. The van der Waals surface area contributed by atoms with Crippen LogP contribution in [0.5, 0.6) is 23.0 Å². The molecule has 1 aliphatic carbocycles. The first-order valence-electron chi connectivity index (χ1n) is 29.5. The van der Waals surface area contributed by atoms with Crippen molar-refractivity contribution in [3.63, 3.8) is 0 Å². The molecule has 0 heterocycles. The average Bonchev–Trinajstić information content (AvgIpc) is 1.00. The lowest BCUT2D eigenvalue weighted by molar-refractivity contribution is -0.140. The van der Waals surface area contributed by atoms with Crippen molar-refractivity contribution < 1.29 is 47.9 Å². The van der Waals surface area contributed by atoms with Crippen molar-refractivity contribution in [1.82, 2.24) is 0 Å². The Bertz CT molecular complexity index is 3530. The summed E-state index contributed by atoms with van der Waals surface area (Å²) in [5.74, 6) is -0.512. The molecule has 0 unspecified atom stereocenters. The molecule has 0 saturated carbocycles. The zero-order valence-corrected chi connectivity index (χ0v) is 53.7. The summed E-state index contributed by atoms with van der Waals surface area (Å²) in [6.45, 7) is 24.6. The van der Waals surface area contributed by atoms with Gasteiger partial charge in [-0.2, -0.15) is 0 Å². The van der Waals surface area contributed by atoms with Crippen LogP contribution in [0.4, 0.5) is 0 Å². The normalized spacial score (nSPS) is 13.2. The molecule has 448 valence electrons. The fraction of sp³-hybridized carbons (Fsp3) is 0.324. The van der Waals surface area contributed by atoms with Gasteiger partial charge in [-0.25, -0.2) is 9.59 Å². The van der Waals surface area contributed by atoms with Gasteiger partial charge >= 0.3 is 11.9 Å². The monoisotopic (exact) mass is 1190 g/mol. The number of fused-ring (bicyclic) bond motifs is 8. The first kappa shape index (κ1) is 62.9. The predicted molar refractivity (Wildman–Crippen MR) is 349 cm³/mol. The molecule has 86 heavy (non-hydrogen) atoms. The summed E-state index contributed by atoms with van der Waals surface area (Å²) in [5.41, 5.74) is 8.15. The van der Waals surface area contributed by atoms with Crippen LogP contribution in [-0.2, 0) is 66.1 Å². The molecule has 2 N–H and O–H groups in total. The van der Waals surface area contributed by atoms with Crippen LogP contribution in [0.3, 0.4) is 0 Å². The number of carboxylic acid groups (broad SMARTS) is 2. The van der Waals surface area contributed by atoms with Crippen molar-refractivity contribution in [3.8, 4) is 23.0 Å². The SMILES string of the molecule is CC(C)(C)c1cc2c(OCC(=O)O)c(c1)Cc1cc(C(C)(C)C)cc(c1OCP(=O)(c1ccccc1)c1ccccc1)Cc1cc(C(C)(C)C)cc(c1OCP(=O)(c1ccccc1)c1ccccc1)Cc1cc(C(C)(C)C)cc(c1OCC(=O)O)C2. The summed E-state index contributed by atoms with van der Waals surface area (Å²) >= 11 is 0. The van der Waals surface area contributed by atoms with Crippen molar-refractivity contribution in [2.45, 2.75) is 130 Å². The van der Waals surface area contributed by atoms with Gasteiger partial charge in [0.1, 0.15) is 35.7 Å². The third kappa shape index (κ3) is 14.3. The molecule has 0 saturated heterocycles. The topological polar surface area (TPSA) is 146 Å². The second-order valence-electron chi connectivity index (χ2n) is 26.9. The summed E-state index contributed by atoms with van der Waals surface area (Å²) in [5, 5.41) is 23.3. The Labute approximate surface area is 508 Å². The van der Waals surface area contributed by atoms with Crippen molar-refractivity contribution in [2.75, 3.05) is 25.9 Å². The van der Waals surface area contributed by atoms with Crippen LogP contribution in [0.1, 0.15) is 150 Å². The molecule has 0 fully saturated rings. The zero-order chi connectivity index (χ0) is 62.0. The van der Waals surface area contributed by atoms with E-state index in [0.717, 1.165) is 44.5 Å². The van der Waals surface area contributed by atoms with Crippen molar-refractivity contribution in [2.24, 2.45) is 0 Å². The number of carboxylic acids is 2. The lowest BCUT2D eigenvalue weighted by Gasteiger charge is -2.30.